The number of fused-ring (bicyclic) bond motifs is 7. The third kappa shape index (κ3) is 3.55. The molecule has 4 aliphatic heterocycles. The van der Waals surface area contributed by atoms with E-state index in [0.717, 1.165) is 42.9 Å². The maximum Gasteiger partial charge on any atom is 0.323 e. The number of aryl methyl sites for hydroxylation is 1. The first-order valence-electron chi connectivity index (χ1n) is 13.7. The average Bonchev–Trinajstić information content (AvgIpc) is 3.12. The standard InChI is InChI=1S/C31H35N3O4/c1-6-32(7-2)19-9-10-20-25(15-19)34(17-27(35)36)30(37)22-16-21-26(38-28(20)22)12-13-33-24-11-8-18(3)14-23(24)31(4,5)29(21)33/h8-11,14-16,22,26,28H,6-7,12-13,17H2,1-5H3/p+1. The van der Waals surface area contributed by atoms with E-state index in [1.54, 1.807) is 0 Å². The van der Waals surface area contributed by atoms with E-state index in [2.05, 4.69) is 74.4 Å². The largest absolute Gasteiger partial charge is 0.480 e. The van der Waals surface area contributed by atoms with Gasteiger partial charge in [0, 0.05) is 48.0 Å². The first-order valence-corrected chi connectivity index (χ1v) is 13.7. The Labute approximate surface area is 224 Å². The predicted molar refractivity (Wildman–Crippen MR) is 148 cm³/mol. The number of hydrogen-bond donors (Lipinski definition) is 1. The molecule has 38 heavy (non-hydrogen) atoms. The monoisotopic (exact) mass is 514 g/mol. The van der Waals surface area contributed by atoms with Gasteiger partial charge in [-0.1, -0.05) is 23.8 Å². The lowest BCUT2D eigenvalue weighted by molar-refractivity contribution is -0.445. The van der Waals surface area contributed by atoms with Crippen molar-refractivity contribution in [2.45, 2.75) is 58.7 Å². The molecule has 1 amide bonds. The molecule has 0 saturated carbocycles. The molecule has 4 heterocycles. The Kier molecular flexibility index (Phi) is 5.76. The molecule has 0 saturated heterocycles. The number of carboxylic acid groups (broad SMARTS) is 1. The molecule has 0 aromatic heterocycles. The lowest BCUT2D eigenvalue weighted by atomic mass is 9.73. The third-order valence-corrected chi connectivity index (χ3v) is 8.79. The summed E-state index contributed by atoms with van der Waals surface area (Å²) in [5.41, 5.74) is 8.32. The number of anilines is 2. The van der Waals surface area contributed by atoms with Crippen LogP contribution in [0.25, 0.3) is 0 Å². The normalized spacial score (nSPS) is 24.7. The predicted octanol–water partition coefficient (Wildman–Crippen LogP) is 4.74. The Morgan fingerprint density at radius 3 is 2.66 bits per heavy atom. The second-order valence-corrected chi connectivity index (χ2v) is 11.4. The van der Waals surface area contributed by atoms with Crippen molar-refractivity contribution in [3.63, 3.8) is 0 Å². The van der Waals surface area contributed by atoms with E-state index in [-0.39, 0.29) is 24.0 Å². The molecule has 198 valence electrons. The fraction of sp³-hybridized carbons (Fsp3) is 0.452. The van der Waals surface area contributed by atoms with Crippen LogP contribution >= 0.6 is 0 Å². The molecule has 4 aliphatic rings. The van der Waals surface area contributed by atoms with Crippen molar-refractivity contribution in [1.82, 2.24) is 0 Å². The number of carboxylic acids is 1. The van der Waals surface area contributed by atoms with Crippen molar-refractivity contribution < 1.29 is 24.0 Å². The Hall–Kier alpha value is -3.45. The summed E-state index contributed by atoms with van der Waals surface area (Å²) in [5, 5.41) is 9.72. The molecule has 7 heteroatoms. The summed E-state index contributed by atoms with van der Waals surface area (Å²) in [4.78, 5) is 29.5. The molecule has 1 N–H and O–H groups in total. The fourth-order valence-corrected chi connectivity index (χ4v) is 7.00. The summed E-state index contributed by atoms with van der Waals surface area (Å²) in [5.74, 6) is -1.81. The topological polar surface area (TPSA) is 73.1 Å². The number of rotatable bonds is 5. The first-order chi connectivity index (χ1) is 18.1. The lowest BCUT2D eigenvalue weighted by Crippen LogP contribution is -2.51. The molecule has 3 atom stereocenters. The Bertz CT molecular complexity index is 1420. The fourth-order valence-electron chi connectivity index (χ4n) is 7.00. The smallest absolute Gasteiger partial charge is 0.323 e. The maximum atomic E-state index is 14.0. The van der Waals surface area contributed by atoms with Crippen LogP contribution in [0.5, 0.6) is 0 Å². The number of aliphatic carboxylic acids is 1. The van der Waals surface area contributed by atoms with Crippen LogP contribution in [0.1, 0.15) is 56.9 Å². The van der Waals surface area contributed by atoms with Gasteiger partial charge in [-0.15, -0.1) is 0 Å². The zero-order valence-corrected chi connectivity index (χ0v) is 22.8. The van der Waals surface area contributed by atoms with Gasteiger partial charge in [0.1, 0.15) is 12.6 Å². The van der Waals surface area contributed by atoms with Gasteiger partial charge in [0.15, 0.2) is 12.3 Å². The minimum absolute atomic E-state index is 0.105. The number of ether oxygens (including phenoxy) is 1. The minimum atomic E-state index is -1.03. The Morgan fingerprint density at radius 1 is 1.18 bits per heavy atom. The third-order valence-electron chi connectivity index (χ3n) is 8.79. The number of hydrogen-bond acceptors (Lipinski definition) is 4. The van der Waals surface area contributed by atoms with Gasteiger partial charge in [0.05, 0.1) is 23.1 Å². The molecule has 2 aromatic rings. The lowest BCUT2D eigenvalue weighted by Gasteiger charge is -2.43. The van der Waals surface area contributed by atoms with Crippen LogP contribution in [0, 0.1) is 12.8 Å². The van der Waals surface area contributed by atoms with Crippen LogP contribution in [0.3, 0.4) is 0 Å². The molecule has 0 bridgehead atoms. The zero-order chi connectivity index (χ0) is 26.9. The van der Waals surface area contributed by atoms with Crippen LogP contribution in [0.15, 0.2) is 48.0 Å². The molecule has 3 unspecified atom stereocenters. The van der Waals surface area contributed by atoms with Crippen molar-refractivity contribution in [3.8, 4) is 0 Å². The van der Waals surface area contributed by atoms with E-state index in [1.807, 2.05) is 12.1 Å². The summed E-state index contributed by atoms with van der Waals surface area (Å²) in [6.45, 7) is 12.9. The second kappa shape index (κ2) is 8.80. The van der Waals surface area contributed by atoms with Crippen molar-refractivity contribution >= 4 is 34.7 Å². The molecule has 0 radical (unpaired) electrons. The summed E-state index contributed by atoms with van der Waals surface area (Å²) < 4.78 is 9.19. The number of amides is 1. The molecule has 7 nitrogen and oxygen atoms in total. The molecule has 6 rings (SSSR count). The molecule has 0 spiro atoms. The highest BCUT2D eigenvalue weighted by molar-refractivity contribution is 6.10. The van der Waals surface area contributed by atoms with Gasteiger partial charge in [0.2, 0.25) is 11.6 Å². The highest BCUT2D eigenvalue weighted by Gasteiger charge is 2.55. The zero-order valence-electron chi connectivity index (χ0n) is 22.8. The second-order valence-electron chi connectivity index (χ2n) is 11.4. The van der Waals surface area contributed by atoms with Gasteiger partial charge in [-0.25, -0.2) is 0 Å². The average molecular weight is 515 g/mol. The maximum absolute atomic E-state index is 14.0. The summed E-state index contributed by atoms with van der Waals surface area (Å²) in [6, 6.07) is 12.7. The molecular weight excluding hydrogens is 478 g/mol. The van der Waals surface area contributed by atoms with Gasteiger partial charge in [-0.05, 0) is 52.8 Å². The van der Waals surface area contributed by atoms with Crippen molar-refractivity contribution in [3.05, 3.63) is 64.7 Å². The van der Waals surface area contributed by atoms with Crippen LogP contribution in [0.4, 0.5) is 17.1 Å². The number of benzene rings is 2. The number of nitrogens with zero attached hydrogens (tertiary/aromatic N) is 3. The van der Waals surface area contributed by atoms with E-state index in [4.69, 9.17) is 4.74 Å². The van der Waals surface area contributed by atoms with Crippen LogP contribution in [-0.4, -0.2) is 59.6 Å². The van der Waals surface area contributed by atoms with Crippen LogP contribution in [0.2, 0.25) is 0 Å². The van der Waals surface area contributed by atoms with Gasteiger partial charge in [-0.2, -0.15) is 4.58 Å². The van der Waals surface area contributed by atoms with Crippen LogP contribution < -0.4 is 9.80 Å². The van der Waals surface area contributed by atoms with E-state index in [0.29, 0.717) is 5.69 Å². The quantitative estimate of drug-likeness (QED) is 0.584. The SMILES string of the molecule is CCN(CC)c1ccc2c(c1)N(CC(=O)O)C(=O)C1C=C3C4=[N+](CCC3OC21)c1ccc(C)cc1C4(C)C. The van der Waals surface area contributed by atoms with Gasteiger partial charge in [0.25, 0.3) is 0 Å². The Morgan fingerprint density at radius 2 is 1.95 bits per heavy atom. The molecule has 0 aliphatic carbocycles. The van der Waals surface area contributed by atoms with Gasteiger partial charge >= 0.3 is 5.97 Å². The van der Waals surface area contributed by atoms with Crippen molar-refractivity contribution in [2.75, 3.05) is 36.0 Å². The summed E-state index contributed by atoms with van der Waals surface area (Å²) in [6.07, 6.45) is 2.40. The highest BCUT2D eigenvalue weighted by atomic mass is 16.5. The number of carbonyl (C=O) groups is 2. The van der Waals surface area contributed by atoms with Crippen molar-refractivity contribution in [1.29, 1.82) is 0 Å². The van der Waals surface area contributed by atoms with Gasteiger partial charge < -0.3 is 19.6 Å². The Balaban J connectivity index is 1.47. The highest BCUT2D eigenvalue weighted by Crippen LogP contribution is 2.51. The van der Waals surface area contributed by atoms with E-state index >= 15 is 0 Å². The van der Waals surface area contributed by atoms with Crippen molar-refractivity contribution in [2.24, 2.45) is 5.92 Å². The number of carbonyl (C=O) groups excluding carboxylic acids is 1. The minimum Gasteiger partial charge on any atom is -0.480 e. The van der Waals surface area contributed by atoms with E-state index < -0.39 is 18.0 Å². The molecule has 0 fully saturated rings. The van der Waals surface area contributed by atoms with Gasteiger partial charge in [-0.3, -0.25) is 9.59 Å². The van der Waals surface area contributed by atoms with Crippen LogP contribution in [-0.2, 0) is 19.7 Å². The molecular formula is C31H36N3O4+. The first kappa shape index (κ1) is 24.9. The molecule has 2 aromatic carbocycles. The van der Waals surface area contributed by atoms with E-state index in [9.17, 15) is 14.7 Å². The summed E-state index contributed by atoms with van der Waals surface area (Å²) in [7, 11) is 0. The van der Waals surface area contributed by atoms with E-state index in [1.165, 1.54) is 27.4 Å². The summed E-state index contributed by atoms with van der Waals surface area (Å²) >= 11 is 0.